The number of nitrogens with one attached hydrogen (secondary N) is 1. The van der Waals surface area contributed by atoms with Gasteiger partial charge in [-0.25, -0.2) is 4.39 Å². The molecule has 1 unspecified atom stereocenters. The van der Waals surface area contributed by atoms with Crippen LogP contribution < -0.4 is 10.1 Å². The first-order valence-corrected chi connectivity index (χ1v) is 6.01. The molecule has 0 saturated heterocycles. The van der Waals surface area contributed by atoms with E-state index < -0.39 is 6.10 Å². The summed E-state index contributed by atoms with van der Waals surface area (Å²) in [6, 6.07) is 13.4. The van der Waals surface area contributed by atoms with Gasteiger partial charge in [0.2, 0.25) is 0 Å². The Balaban J connectivity index is 2.02. The fourth-order valence-corrected chi connectivity index (χ4v) is 1.83. The van der Waals surface area contributed by atoms with Crippen LogP contribution in [0.4, 0.5) is 10.1 Å². The molecule has 1 atom stereocenters. The molecule has 0 bridgehead atoms. The Labute approximate surface area is 111 Å². The van der Waals surface area contributed by atoms with E-state index in [1.54, 1.807) is 19.2 Å². The van der Waals surface area contributed by atoms with Crippen LogP contribution in [0.15, 0.2) is 48.5 Å². The van der Waals surface area contributed by atoms with Gasteiger partial charge in [0, 0.05) is 6.54 Å². The molecule has 0 spiro atoms. The number of aliphatic hydroxyl groups is 1. The predicted octanol–water partition coefficient (Wildman–Crippen LogP) is 2.98. The molecular weight excluding hydrogens is 245 g/mol. The topological polar surface area (TPSA) is 41.5 Å². The number of hydrogen-bond acceptors (Lipinski definition) is 3. The van der Waals surface area contributed by atoms with Crippen molar-refractivity contribution in [1.29, 1.82) is 0 Å². The monoisotopic (exact) mass is 261 g/mol. The lowest BCUT2D eigenvalue weighted by Crippen LogP contribution is -2.12. The summed E-state index contributed by atoms with van der Waals surface area (Å²) in [5.74, 6) is 0.350. The largest absolute Gasteiger partial charge is 0.495 e. The molecule has 0 radical (unpaired) electrons. The van der Waals surface area contributed by atoms with Crippen molar-refractivity contribution in [2.45, 2.75) is 6.10 Å². The predicted molar refractivity (Wildman–Crippen MR) is 72.8 cm³/mol. The van der Waals surface area contributed by atoms with Gasteiger partial charge in [-0.15, -0.1) is 0 Å². The normalized spacial score (nSPS) is 11.9. The van der Waals surface area contributed by atoms with Crippen LogP contribution in [0.5, 0.6) is 5.75 Å². The molecule has 100 valence electrons. The molecule has 0 aliphatic rings. The van der Waals surface area contributed by atoms with Gasteiger partial charge in [-0.1, -0.05) is 24.3 Å². The standard InChI is InChI=1S/C15H16FNO2/c1-19-15-8-3-2-7-13(15)17-10-14(18)11-5-4-6-12(16)9-11/h2-9,14,17-18H,10H2,1H3. The molecular formula is C15H16FNO2. The van der Waals surface area contributed by atoms with Crippen molar-refractivity contribution >= 4 is 5.69 Å². The Morgan fingerprint density at radius 1 is 1.21 bits per heavy atom. The second-order valence-corrected chi connectivity index (χ2v) is 4.15. The molecule has 0 aliphatic heterocycles. The maximum absolute atomic E-state index is 13.1. The van der Waals surface area contributed by atoms with Crippen LogP contribution in [0.1, 0.15) is 11.7 Å². The highest BCUT2D eigenvalue weighted by Crippen LogP contribution is 2.24. The van der Waals surface area contributed by atoms with Crippen LogP contribution in [0.2, 0.25) is 0 Å². The molecule has 0 saturated carbocycles. The van der Waals surface area contributed by atoms with Crippen molar-refractivity contribution in [2.75, 3.05) is 19.0 Å². The molecule has 0 aromatic heterocycles. The summed E-state index contributed by atoms with van der Waals surface area (Å²) in [6.45, 7) is 0.282. The molecule has 2 aromatic carbocycles. The van der Waals surface area contributed by atoms with E-state index in [4.69, 9.17) is 4.74 Å². The van der Waals surface area contributed by atoms with Crippen LogP contribution in [0.25, 0.3) is 0 Å². The van der Waals surface area contributed by atoms with Gasteiger partial charge in [0.1, 0.15) is 11.6 Å². The zero-order chi connectivity index (χ0) is 13.7. The van der Waals surface area contributed by atoms with Crippen LogP contribution in [-0.2, 0) is 0 Å². The van der Waals surface area contributed by atoms with Crippen molar-refractivity contribution in [2.24, 2.45) is 0 Å². The summed E-state index contributed by atoms with van der Waals surface area (Å²) in [5.41, 5.74) is 1.34. The van der Waals surface area contributed by atoms with E-state index in [0.29, 0.717) is 11.3 Å². The maximum Gasteiger partial charge on any atom is 0.141 e. The van der Waals surface area contributed by atoms with E-state index in [1.165, 1.54) is 12.1 Å². The zero-order valence-corrected chi connectivity index (χ0v) is 10.6. The number of methoxy groups -OCH3 is 1. The first kappa shape index (κ1) is 13.4. The molecule has 19 heavy (non-hydrogen) atoms. The first-order valence-electron chi connectivity index (χ1n) is 6.01. The minimum atomic E-state index is -0.777. The fourth-order valence-electron chi connectivity index (χ4n) is 1.83. The van der Waals surface area contributed by atoms with E-state index in [2.05, 4.69) is 5.32 Å². The lowest BCUT2D eigenvalue weighted by Gasteiger charge is -2.15. The van der Waals surface area contributed by atoms with Gasteiger partial charge < -0.3 is 15.2 Å². The Bertz CT molecular complexity index is 545. The van der Waals surface area contributed by atoms with Crippen molar-refractivity contribution in [3.8, 4) is 5.75 Å². The molecule has 2 N–H and O–H groups in total. The highest BCUT2D eigenvalue weighted by Gasteiger charge is 2.09. The third kappa shape index (κ3) is 3.45. The van der Waals surface area contributed by atoms with Gasteiger partial charge in [0.15, 0.2) is 0 Å². The van der Waals surface area contributed by atoms with E-state index in [0.717, 1.165) is 5.69 Å². The van der Waals surface area contributed by atoms with Gasteiger partial charge in [0.05, 0.1) is 18.9 Å². The number of ether oxygens (including phenoxy) is 1. The Kier molecular flexibility index (Phi) is 4.36. The third-order valence-corrected chi connectivity index (χ3v) is 2.83. The molecule has 2 aromatic rings. The highest BCUT2D eigenvalue weighted by atomic mass is 19.1. The summed E-state index contributed by atoms with van der Waals surface area (Å²) >= 11 is 0. The van der Waals surface area contributed by atoms with Gasteiger partial charge >= 0.3 is 0 Å². The van der Waals surface area contributed by atoms with Crippen molar-refractivity contribution < 1.29 is 14.2 Å². The van der Waals surface area contributed by atoms with Crippen molar-refractivity contribution in [3.63, 3.8) is 0 Å². The Morgan fingerprint density at radius 2 is 2.00 bits per heavy atom. The van der Waals surface area contributed by atoms with Crippen LogP contribution in [0, 0.1) is 5.82 Å². The molecule has 3 nitrogen and oxygen atoms in total. The average molecular weight is 261 g/mol. The van der Waals surface area contributed by atoms with E-state index in [-0.39, 0.29) is 12.4 Å². The molecule has 0 aliphatic carbocycles. The average Bonchev–Trinajstić information content (AvgIpc) is 2.45. The summed E-state index contributed by atoms with van der Waals surface area (Å²) in [7, 11) is 1.59. The number of para-hydroxylation sites is 2. The number of benzene rings is 2. The SMILES string of the molecule is COc1ccccc1NCC(O)c1cccc(F)c1. The minimum absolute atomic E-state index is 0.282. The first-order chi connectivity index (χ1) is 9.20. The van der Waals surface area contributed by atoms with E-state index >= 15 is 0 Å². The number of anilines is 1. The van der Waals surface area contributed by atoms with Crippen LogP contribution >= 0.6 is 0 Å². The van der Waals surface area contributed by atoms with Gasteiger partial charge in [-0.05, 0) is 29.8 Å². The van der Waals surface area contributed by atoms with Crippen LogP contribution in [0.3, 0.4) is 0 Å². The van der Waals surface area contributed by atoms with Gasteiger partial charge in [-0.2, -0.15) is 0 Å². The Morgan fingerprint density at radius 3 is 2.74 bits per heavy atom. The number of rotatable bonds is 5. The molecule has 0 amide bonds. The maximum atomic E-state index is 13.1. The second-order valence-electron chi connectivity index (χ2n) is 4.15. The molecule has 2 rings (SSSR count). The lowest BCUT2D eigenvalue weighted by molar-refractivity contribution is 0.191. The van der Waals surface area contributed by atoms with Crippen LogP contribution in [-0.4, -0.2) is 18.8 Å². The van der Waals surface area contributed by atoms with Gasteiger partial charge in [-0.3, -0.25) is 0 Å². The number of hydrogen-bond donors (Lipinski definition) is 2. The second kappa shape index (κ2) is 6.20. The van der Waals surface area contributed by atoms with Crippen molar-refractivity contribution in [3.05, 3.63) is 59.9 Å². The highest BCUT2D eigenvalue weighted by molar-refractivity contribution is 5.56. The lowest BCUT2D eigenvalue weighted by atomic mass is 10.1. The molecule has 0 heterocycles. The van der Waals surface area contributed by atoms with E-state index in [9.17, 15) is 9.50 Å². The third-order valence-electron chi connectivity index (χ3n) is 2.83. The number of halogens is 1. The smallest absolute Gasteiger partial charge is 0.141 e. The summed E-state index contributed by atoms with van der Waals surface area (Å²) < 4.78 is 18.3. The fraction of sp³-hybridized carbons (Fsp3) is 0.200. The number of aliphatic hydroxyl groups excluding tert-OH is 1. The van der Waals surface area contributed by atoms with Crippen molar-refractivity contribution in [1.82, 2.24) is 0 Å². The quantitative estimate of drug-likeness (QED) is 0.869. The van der Waals surface area contributed by atoms with E-state index in [1.807, 2.05) is 24.3 Å². The minimum Gasteiger partial charge on any atom is -0.495 e. The zero-order valence-electron chi connectivity index (χ0n) is 10.6. The Hall–Kier alpha value is -2.07. The molecule has 0 fully saturated rings. The molecule has 4 heteroatoms. The summed E-state index contributed by atoms with van der Waals surface area (Å²) in [5, 5.41) is 13.1. The van der Waals surface area contributed by atoms with Gasteiger partial charge in [0.25, 0.3) is 0 Å². The summed E-state index contributed by atoms with van der Waals surface area (Å²) in [4.78, 5) is 0. The summed E-state index contributed by atoms with van der Waals surface area (Å²) in [6.07, 6.45) is -0.777.